The zero-order chi connectivity index (χ0) is 15.4. The van der Waals surface area contributed by atoms with E-state index >= 15 is 0 Å². The van der Waals surface area contributed by atoms with Gasteiger partial charge in [0.25, 0.3) is 0 Å². The Hall–Kier alpha value is -1.87. The molecule has 0 bridgehead atoms. The zero-order valence-corrected chi connectivity index (χ0v) is 16.8. The third kappa shape index (κ3) is 6.17. The van der Waals surface area contributed by atoms with E-state index < -0.39 is 0 Å². The molecule has 4 rings (SSSR count). The molecule has 4 aromatic rings. The molecule has 2 aromatic heterocycles. The number of nitrogen functional groups attached to an aromatic ring is 2. The molecule has 0 aliphatic rings. The standard InChI is InChI=1S/2C9H8N2.2ClH.Pt/c2*10-8-3-4-9-7(6-8)2-1-5-11-9;;;/h2*1-6H,10H2;2*1H;/q;;;;+2/p-2. The van der Waals surface area contributed by atoms with Crippen LogP contribution in [0, 0.1) is 0 Å². The van der Waals surface area contributed by atoms with Gasteiger partial charge in [0.2, 0.25) is 0 Å². The third-order valence-electron chi connectivity index (χ3n) is 3.25. The molecule has 2 heterocycles. The van der Waals surface area contributed by atoms with E-state index in [0.29, 0.717) is 0 Å². The summed E-state index contributed by atoms with van der Waals surface area (Å²) >= 11 is 0. The van der Waals surface area contributed by atoms with Crippen LogP contribution in [0.1, 0.15) is 0 Å². The molecule has 0 fully saturated rings. The van der Waals surface area contributed by atoms with Gasteiger partial charge in [0.1, 0.15) is 0 Å². The van der Waals surface area contributed by atoms with Crippen molar-refractivity contribution in [1.82, 2.24) is 9.97 Å². The van der Waals surface area contributed by atoms with Gasteiger partial charge in [-0.25, -0.2) is 0 Å². The van der Waals surface area contributed by atoms with Crippen LogP contribution in [0.4, 0.5) is 11.4 Å². The fourth-order valence-electron chi connectivity index (χ4n) is 2.19. The number of rotatable bonds is 0. The topological polar surface area (TPSA) is 77.8 Å². The molecule has 132 valence electrons. The number of anilines is 2. The SMILES string of the molecule is Nc1ccc2ncccc2c1.Nc1ccc2ncccc2c1.[Cl-].[Cl-].[Pt+2]. The summed E-state index contributed by atoms with van der Waals surface area (Å²) < 4.78 is 0. The number of aromatic nitrogens is 2. The first-order valence-corrected chi connectivity index (χ1v) is 6.93. The summed E-state index contributed by atoms with van der Waals surface area (Å²) in [6.07, 6.45) is 3.55. The molecule has 2 aromatic carbocycles. The van der Waals surface area contributed by atoms with Crippen LogP contribution in [0.2, 0.25) is 0 Å². The minimum atomic E-state index is 0. The number of hydrogen-bond acceptors (Lipinski definition) is 4. The summed E-state index contributed by atoms with van der Waals surface area (Å²) in [6.45, 7) is 0. The molecule has 0 atom stereocenters. The third-order valence-corrected chi connectivity index (χ3v) is 3.25. The van der Waals surface area contributed by atoms with Crippen LogP contribution in [0.3, 0.4) is 0 Å². The summed E-state index contributed by atoms with van der Waals surface area (Å²) in [7, 11) is 0. The molecule has 7 heteroatoms. The van der Waals surface area contributed by atoms with Crippen molar-refractivity contribution < 1.29 is 45.9 Å². The number of nitrogens with two attached hydrogens (primary N) is 2. The van der Waals surface area contributed by atoms with E-state index in [-0.39, 0.29) is 45.9 Å². The van der Waals surface area contributed by atoms with Crippen LogP contribution in [0.5, 0.6) is 0 Å². The molecule has 0 spiro atoms. The molecular formula is C18H16Cl2N4Pt. The molecule has 0 radical (unpaired) electrons. The molecule has 0 saturated carbocycles. The van der Waals surface area contributed by atoms with Crippen molar-refractivity contribution in [2.24, 2.45) is 0 Å². The Morgan fingerprint density at radius 1 is 0.600 bits per heavy atom. The number of hydrogen-bond donors (Lipinski definition) is 2. The van der Waals surface area contributed by atoms with Crippen molar-refractivity contribution in [1.29, 1.82) is 0 Å². The van der Waals surface area contributed by atoms with Crippen molar-refractivity contribution in [3.63, 3.8) is 0 Å². The largest absolute Gasteiger partial charge is 2.00 e. The second-order valence-corrected chi connectivity index (χ2v) is 4.91. The Labute approximate surface area is 173 Å². The quantitative estimate of drug-likeness (QED) is 0.239. The summed E-state index contributed by atoms with van der Waals surface area (Å²) in [4.78, 5) is 8.33. The van der Waals surface area contributed by atoms with Gasteiger partial charge in [-0.15, -0.1) is 0 Å². The van der Waals surface area contributed by atoms with Crippen LogP contribution >= 0.6 is 0 Å². The number of halogens is 2. The number of pyridine rings is 2. The van der Waals surface area contributed by atoms with Crippen LogP contribution in [0.15, 0.2) is 73.1 Å². The van der Waals surface area contributed by atoms with Gasteiger partial charge in [-0.05, 0) is 48.5 Å². The van der Waals surface area contributed by atoms with Gasteiger partial charge in [-0.2, -0.15) is 0 Å². The first-order valence-electron chi connectivity index (χ1n) is 6.93. The maximum Gasteiger partial charge on any atom is 2.00 e. The summed E-state index contributed by atoms with van der Waals surface area (Å²) in [5.41, 5.74) is 14.7. The van der Waals surface area contributed by atoms with E-state index in [4.69, 9.17) is 11.5 Å². The average molecular weight is 554 g/mol. The van der Waals surface area contributed by atoms with E-state index in [1.54, 1.807) is 12.4 Å². The van der Waals surface area contributed by atoms with E-state index in [1.165, 1.54) is 0 Å². The molecule has 0 aliphatic heterocycles. The fourth-order valence-corrected chi connectivity index (χ4v) is 2.19. The minimum Gasteiger partial charge on any atom is -1.00 e. The molecule has 4 N–H and O–H groups in total. The van der Waals surface area contributed by atoms with Crippen molar-refractivity contribution in [2.45, 2.75) is 0 Å². The van der Waals surface area contributed by atoms with Gasteiger partial charge in [0.05, 0.1) is 11.0 Å². The predicted molar refractivity (Wildman–Crippen MR) is 92.3 cm³/mol. The Morgan fingerprint density at radius 3 is 1.40 bits per heavy atom. The maximum atomic E-state index is 5.60. The smallest absolute Gasteiger partial charge is 1.00 e. The summed E-state index contributed by atoms with van der Waals surface area (Å²) in [5.74, 6) is 0. The van der Waals surface area contributed by atoms with Crippen LogP contribution in [-0.4, -0.2) is 9.97 Å². The Morgan fingerprint density at radius 2 is 1.00 bits per heavy atom. The molecule has 0 unspecified atom stereocenters. The first-order chi connectivity index (χ1) is 10.7. The number of benzene rings is 2. The van der Waals surface area contributed by atoms with E-state index in [1.807, 2.05) is 60.7 Å². The van der Waals surface area contributed by atoms with E-state index in [9.17, 15) is 0 Å². The molecule has 25 heavy (non-hydrogen) atoms. The average Bonchev–Trinajstić information content (AvgIpc) is 2.55. The van der Waals surface area contributed by atoms with Gasteiger partial charge in [-0.3, -0.25) is 9.97 Å². The maximum absolute atomic E-state index is 5.60. The second-order valence-electron chi connectivity index (χ2n) is 4.91. The minimum absolute atomic E-state index is 0. The van der Waals surface area contributed by atoms with Crippen molar-refractivity contribution in [3.8, 4) is 0 Å². The van der Waals surface area contributed by atoms with Gasteiger partial charge in [0, 0.05) is 34.5 Å². The Bertz CT molecular complexity index is 857. The summed E-state index contributed by atoms with van der Waals surface area (Å²) in [6, 6.07) is 19.2. The summed E-state index contributed by atoms with van der Waals surface area (Å²) in [5, 5.41) is 2.18. The molecule has 0 aliphatic carbocycles. The van der Waals surface area contributed by atoms with Gasteiger partial charge < -0.3 is 36.3 Å². The molecule has 0 amide bonds. The van der Waals surface area contributed by atoms with E-state index in [2.05, 4.69) is 9.97 Å². The second kappa shape index (κ2) is 10.9. The zero-order valence-electron chi connectivity index (χ0n) is 13.0. The molecular weight excluding hydrogens is 538 g/mol. The van der Waals surface area contributed by atoms with Crippen molar-refractivity contribution >= 4 is 33.2 Å². The molecule has 0 saturated heterocycles. The van der Waals surface area contributed by atoms with Gasteiger partial charge in [0.15, 0.2) is 0 Å². The Kier molecular flexibility index (Phi) is 10.1. The first kappa shape index (κ1) is 23.1. The Balaban J connectivity index is 0.000000411. The normalized spacial score (nSPS) is 8.96. The van der Waals surface area contributed by atoms with Gasteiger partial charge >= 0.3 is 21.1 Å². The van der Waals surface area contributed by atoms with Crippen LogP contribution in [0.25, 0.3) is 21.8 Å². The number of nitrogens with zero attached hydrogens (tertiary/aromatic N) is 2. The fraction of sp³-hybridized carbons (Fsp3) is 0. The van der Waals surface area contributed by atoms with Crippen molar-refractivity contribution in [3.05, 3.63) is 73.1 Å². The van der Waals surface area contributed by atoms with Crippen molar-refractivity contribution in [2.75, 3.05) is 11.5 Å². The van der Waals surface area contributed by atoms with Crippen LogP contribution < -0.4 is 36.3 Å². The number of fused-ring (bicyclic) bond motifs is 2. The van der Waals surface area contributed by atoms with E-state index in [0.717, 1.165) is 33.2 Å². The van der Waals surface area contributed by atoms with Crippen LogP contribution in [-0.2, 0) is 21.1 Å². The predicted octanol–water partition coefficient (Wildman–Crippen LogP) is -2.36. The molecule has 4 nitrogen and oxygen atoms in total. The van der Waals surface area contributed by atoms with Gasteiger partial charge in [-0.1, -0.05) is 12.1 Å². The monoisotopic (exact) mass is 553 g/mol.